The Kier molecular flexibility index (Phi) is 8.19. The van der Waals surface area contributed by atoms with Gasteiger partial charge in [-0.15, -0.1) is 12.4 Å². The molecule has 7 heteroatoms. The van der Waals surface area contributed by atoms with Crippen LogP contribution in [0.1, 0.15) is 42.5 Å². The highest BCUT2D eigenvalue weighted by Crippen LogP contribution is 2.35. The van der Waals surface area contributed by atoms with Crippen molar-refractivity contribution in [2.75, 3.05) is 7.05 Å². The van der Waals surface area contributed by atoms with E-state index >= 15 is 0 Å². The van der Waals surface area contributed by atoms with Crippen LogP contribution in [0, 0.1) is 0 Å². The van der Waals surface area contributed by atoms with Crippen LogP contribution in [0.4, 0.5) is 0 Å². The first kappa shape index (κ1) is 20.6. The molecule has 1 aliphatic carbocycles. The molecule has 0 atom stereocenters. The summed E-state index contributed by atoms with van der Waals surface area (Å²) in [6.07, 6.45) is 5.09. The van der Waals surface area contributed by atoms with Crippen molar-refractivity contribution in [2.45, 2.75) is 37.6 Å². The van der Waals surface area contributed by atoms with E-state index in [1.165, 1.54) is 18.0 Å². The van der Waals surface area contributed by atoms with Crippen LogP contribution in [0.2, 0.25) is 10.0 Å². The van der Waals surface area contributed by atoms with Crippen molar-refractivity contribution in [3.8, 4) is 0 Å². The minimum absolute atomic E-state index is 0. The van der Waals surface area contributed by atoms with Gasteiger partial charge in [0.1, 0.15) is 5.76 Å². The second-order valence-electron chi connectivity index (χ2n) is 5.38. The minimum atomic E-state index is -0.495. The van der Waals surface area contributed by atoms with Gasteiger partial charge in [-0.25, -0.2) is 4.79 Å². The molecule has 0 unspecified atom stereocenters. The zero-order chi connectivity index (χ0) is 16.2. The number of esters is 1. The topological polar surface area (TPSA) is 38.3 Å². The molecule has 0 aliphatic heterocycles. The normalized spacial score (nSPS) is 17.3. The van der Waals surface area contributed by atoms with Gasteiger partial charge < -0.3 is 10.1 Å². The first-order chi connectivity index (χ1) is 10.5. The lowest BCUT2D eigenvalue weighted by Gasteiger charge is -2.37. The summed E-state index contributed by atoms with van der Waals surface area (Å²) in [6.45, 7) is 0. The van der Waals surface area contributed by atoms with E-state index in [2.05, 4.69) is 5.32 Å². The third kappa shape index (κ3) is 4.77. The van der Waals surface area contributed by atoms with E-state index in [-0.39, 0.29) is 17.9 Å². The fourth-order valence-corrected chi connectivity index (χ4v) is 3.33. The largest absolute Gasteiger partial charge is 0.425 e. The summed E-state index contributed by atoms with van der Waals surface area (Å²) in [5.74, 6) is -0.0434. The molecule has 1 aliphatic rings. The Hall–Kier alpha value is -0.450. The first-order valence-corrected chi connectivity index (χ1v) is 8.38. The maximum Gasteiger partial charge on any atom is 0.343 e. The third-order valence-electron chi connectivity index (χ3n) is 4.11. The monoisotopic (exact) mass is 397 g/mol. The third-order valence-corrected chi connectivity index (χ3v) is 5.05. The summed E-state index contributed by atoms with van der Waals surface area (Å²) in [4.78, 5) is 12.3. The number of nitrogens with one attached hydrogen (secondary N) is 1. The molecule has 0 radical (unpaired) electrons. The van der Waals surface area contributed by atoms with Gasteiger partial charge in [0.15, 0.2) is 0 Å². The van der Waals surface area contributed by atoms with Gasteiger partial charge in [0.25, 0.3) is 0 Å². The highest BCUT2D eigenvalue weighted by Gasteiger charge is 2.37. The van der Waals surface area contributed by atoms with E-state index in [1.807, 2.05) is 7.05 Å². The Balaban J connectivity index is 0.00000264. The Morgan fingerprint density at radius 1 is 1.22 bits per heavy atom. The van der Waals surface area contributed by atoms with E-state index in [4.69, 9.17) is 39.5 Å². The van der Waals surface area contributed by atoms with Crippen LogP contribution in [0.3, 0.4) is 0 Å². The van der Waals surface area contributed by atoms with Crippen LogP contribution < -0.4 is 5.32 Å². The Morgan fingerprint density at radius 3 is 2.39 bits per heavy atom. The van der Waals surface area contributed by atoms with E-state index in [9.17, 15) is 4.79 Å². The summed E-state index contributed by atoms with van der Waals surface area (Å²) in [5.41, 5.74) is 1.30. The van der Waals surface area contributed by atoms with Crippen molar-refractivity contribution < 1.29 is 9.53 Å². The maximum atomic E-state index is 12.3. The van der Waals surface area contributed by atoms with Crippen LogP contribution in [-0.2, 0) is 4.74 Å². The number of carbonyl (C=O) groups is 1. The number of benzene rings is 1. The number of rotatable bonds is 4. The van der Waals surface area contributed by atoms with Gasteiger partial charge in [-0.2, -0.15) is 0 Å². The van der Waals surface area contributed by atoms with Crippen molar-refractivity contribution in [1.82, 2.24) is 5.32 Å². The SMILES string of the molecule is CNC1(/C(=C/Cl)OC(=O)c2ccc(Cl)c(Cl)c2)CCCCC1.Cl. The molecule has 1 N–H and O–H groups in total. The lowest BCUT2D eigenvalue weighted by Crippen LogP contribution is -2.47. The van der Waals surface area contributed by atoms with E-state index in [1.54, 1.807) is 12.1 Å². The number of hydrogen-bond acceptors (Lipinski definition) is 3. The average Bonchev–Trinajstić information content (AvgIpc) is 2.55. The lowest BCUT2D eigenvalue weighted by molar-refractivity contribution is 0.0534. The minimum Gasteiger partial charge on any atom is -0.425 e. The van der Waals surface area contributed by atoms with Crippen molar-refractivity contribution in [2.24, 2.45) is 0 Å². The van der Waals surface area contributed by atoms with Crippen molar-refractivity contribution in [1.29, 1.82) is 0 Å². The van der Waals surface area contributed by atoms with Gasteiger partial charge in [-0.05, 0) is 38.1 Å². The van der Waals surface area contributed by atoms with Crippen molar-refractivity contribution in [3.63, 3.8) is 0 Å². The average molecular weight is 399 g/mol. The van der Waals surface area contributed by atoms with E-state index < -0.39 is 5.97 Å². The molecule has 3 nitrogen and oxygen atoms in total. The molecule has 1 fully saturated rings. The number of likely N-dealkylation sites (N-methyl/N-ethyl adjacent to an activating group) is 1. The van der Waals surface area contributed by atoms with Gasteiger partial charge in [0, 0.05) is 5.54 Å². The summed E-state index contributed by atoms with van der Waals surface area (Å²) >= 11 is 17.7. The van der Waals surface area contributed by atoms with Crippen molar-refractivity contribution >= 4 is 53.2 Å². The van der Waals surface area contributed by atoms with E-state index in [0.717, 1.165) is 25.7 Å². The van der Waals surface area contributed by atoms with Crippen LogP contribution in [-0.4, -0.2) is 18.6 Å². The molecule has 0 bridgehead atoms. The fraction of sp³-hybridized carbons (Fsp3) is 0.438. The number of halogens is 4. The zero-order valence-corrected chi connectivity index (χ0v) is 15.8. The predicted octanol–water partition coefficient (Wildman–Crippen LogP) is 5.57. The smallest absolute Gasteiger partial charge is 0.343 e. The van der Waals surface area contributed by atoms with Crippen LogP contribution in [0.5, 0.6) is 0 Å². The molecule has 2 rings (SSSR count). The molecule has 0 amide bonds. The molecule has 23 heavy (non-hydrogen) atoms. The zero-order valence-electron chi connectivity index (χ0n) is 12.7. The Bertz CT molecular complexity index is 583. The van der Waals surface area contributed by atoms with E-state index in [0.29, 0.717) is 21.4 Å². The Morgan fingerprint density at radius 2 is 1.87 bits per heavy atom. The molecule has 1 saturated carbocycles. The highest BCUT2D eigenvalue weighted by atomic mass is 35.5. The van der Waals surface area contributed by atoms with Crippen LogP contribution >= 0.6 is 47.2 Å². The number of ether oxygens (including phenoxy) is 1. The summed E-state index contributed by atoms with van der Waals surface area (Å²) in [7, 11) is 1.86. The molecule has 0 spiro atoms. The van der Waals surface area contributed by atoms with Gasteiger partial charge in [-0.3, -0.25) is 0 Å². The van der Waals surface area contributed by atoms with Gasteiger partial charge >= 0.3 is 5.97 Å². The van der Waals surface area contributed by atoms with Gasteiger partial charge in [0.05, 0.1) is 21.1 Å². The molecule has 1 aromatic rings. The summed E-state index contributed by atoms with van der Waals surface area (Å²) < 4.78 is 5.54. The Labute approximate surface area is 157 Å². The molecule has 1 aromatic carbocycles. The molecular weight excluding hydrogens is 380 g/mol. The maximum absolute atomic E-state index is 12.3. The summed E-state index contributed by atoms with van der Waals surface area (Å²) in [6, 6.07) is 4.64. The van der Waals surface area contributed by atoms with Gasteiger partial charge in [0.2, 0.25) is 0 Å². The van der Waals surface area contributed by atoms with Crippen molar-refractivity contribution in [3.05, 3.63) is 45.1 Å². The quantitative estimate of drug-likeness (QED) is 0.531. The molecule has 0 aromatic heterocycles. The fourth-order valence-electron chi connectivity index (χ4n) is 2.78. The van der Waals surface area contributed by atoms with Gasteiger partial charge in [-0.1, -0.05) is 54.1 Å². The second kappa shape index (κ2) is 9.14. The molecule has 0 heterocycles. The summed E-state index contributed by atoms with van der Waals surface area (Å²) in [5, 5.41) is 3.98. The molecular formula is C16H19Cl4NO2. The first-order valence-electron chi connectivity index (χ1n) is 7.19. The molecule has 128 valence electrons. The van der Waals surface area contributed by atoms with Crippen LogP contribution in [0.25, 0.3) is 0 Å². The molecule has 0 saturated heterocycles. The number of hydrogen-bond donors (Lipinski definition) is 1. The highest BCUT2D eigenvalue weighted by molar-refractivity contribution is 6.42. The predicted molar refractivity (Wildman–Crippen MR) is 97.9 cm³/mol. The standard InChI is InChI=1S/C16H18Cl3NO2.ClH/c1-20-16(7-3-2-4-8-16)14(10-17)22-15(21)11-5-6-12(18)13(19)9-11;/h5-6,9-10,20H,2-4,7-8H2,1H3;1H/b14-10-;. The lowest BCUT2D eigenvalue weighted by atomic mass is 9.80. The van der Waals surface area contributed by atoms with Crippen LogP contribution in [0.15, 0.2) is 29.5 Å². The number of carbonyl (C=O) groups excluding carboxylic acids is 1. The second-order valence-corrected chi connectivity index (χ2v) is 6.42.